The summed E-state index contributed by atoms with van der Waals surface area (Å²) in [7, 11) is 0. The maximum absolute atomic E-state index is 10.0. The standard InChI is InChI=1S/C7H6ClNO2/c8-4-5-3-6(9-11)1-2-7(5)10/h1-3,10H,4H2. The summed E-state index contributed by atoms with van der Waals surface area (Å²) < 4.78 is 0. The molecule has 4 heteroatoms. The second kappa shape index (κ2) is 3.34. The van der Waals surface area contributed by atoms with Crippen molar-refractivity contribution in [3.8, 4) is 5.75 Å². The third-order valence-corrected chi connectivity index (χ3v) is 1.60. The Bertz CT molecular complexity index is 275. The van der Waals surface area contributed by atoms with Gasteiger partial charge in [-0.3, -0.25) is 0 Å². The van der Waals surface area contributed by atoms with Crippen LogP contribution in [-0.2, 0) is 5.88 Å². The van der Waals surface area contributed by atoms with Gasteiger partial charge in [0.05, 0.1) is 5.88 Å². The number of nitrogens with zero attached hydrogens (tertiary/aromatic N) is 1. The van der Waals surface area contributed by atoms with Crippen LogP contribution in [-0.4, -0.2) is 5.11 Å². The van der Waals surface area contributed by atoms with Gasteiger partial charge in [-0.2, -0.15) is 0 Å². The van der Waals surface area contributed by atoms with Gasteiger partial charge < -0.3 is 5.11 Å². The lowest BCUT2D eigenvalue weighted by atomic mass is 10.2. The van der Waals surface area contributed by atoms with Crippen LogP contribution in [0.25, 0.3) is 0 Å². The molecule has 0 aromatic heterocycles. The summed E-state index contributed by atoms with van der Waals surface area (Å²) in [6.45, 7) is 0. The Labute approximate surface area is 68.6 Å². The van der Waals surface area contributed by atoms with Crippen LogP contribution in [0.15, 0.2) is 23.4 Å². The maximum Gasteiger partial charge on any atom is 0.120 e. The van der Waals surface area contributed by atoms with E-state index in [1.54, 1.807) is 0 Å². The van der Waals surface area contributed by atoms with Gasteiger partial charge in [-0.25, -0.2) is 0 Å². The molecule has 58 valence electrons. The first-order valence-corrected chi connectivity index (χ1v) is 3.52. The average molecular weight is 172 g/mol. The fraction of sp³-hybridized carbons (Fsp3) is 0.143. The third-order valence-electron chi connectivity index (χ3n) is 1.31. The van der Waals surface area contributed by atoms with Crippen LogP contribution in [0.3, 0.4) is 0 Å². The number of hydrogen-bond acceptors (Lipinski definition) is 3. The maximum atomic E-state index is 10.0. The van der Waals surface area contributed by atoms with E-state index >= 15 is 0 Å². The van der Waals surface area contributed by atoms with Gasteiger partial charge in [-0.1, -0.05) is 0 Å². The highest BCUT2D eigenvalue weighted by Crippen LogP contribution is 2.24. The van der Waals surface area contributed by atoms with Gasteiger partial charge in [-0.05, 0) is 23.4 Å². The second-order valence-electron chi connectivity index (χ2n) is 2.04. The van der Waals surface area contributed by atoms with E-state index < -0.39 is 0 Å². The molecule has 0 heterocycles. The summed E-state index contributed by atoms with van der Waals surface area (Å²) in [6.07, 6.45) is 0. The molecule has 1 aromatic rings. The van der Waals surface area contributed by atoms with Gasteiger partial charge in [0.25, 0.3) is 0 Å². The van der Waals surface area contributed by atoms with E-state index in [0.29, 0.717) is 5.56 Å². The summed E-state index contributed by atoms with van der Waals surface area (Å²) in [5, 5.41) is 11.8. The molecular formula is C7H6ClNO2. The lowest BCUT2D eigenvalue weighted by molar-refractivity contribution is 0.470. The Balaban J connectivity index is 3.12. The largest absolute Gasteiger partial charge is 0.508 e. The molecule has 3 nitrogen and oxygen atoms in total. The van der Waals surface area contributed by atoms with Crippen LogP contribution in [0.2, 0.25) is 0 Å². The number of nitroso groups, excluding NO2 is 1. The van der Waals surface area contributed by atoms with Crippen molar-refractivity contribution in [3.05, 3.63) is 28.7 Å². The normalized spacial score (nSPS) is 9.55. The zero-order valence-electron chi connectivity index (χ0n) is 5.62. The number of alkyl halides is 1. The lowest BCUT2D eigenvalue weighted by Gasteiger charge is -1.98. The Hall–Kier alpha value is -1.09. The molecule has 0 saturated carbocycles. The Morgan fingerprint density at radius 3 is 2.82 bits per heavy atom. The fourth-order valence-corrected chi connectivity index (χ4v) is 0.950. The number of aromatic hydroxyl groups is 1. The predicted octanol–water partition coefficient (Wildman–Crippen LogP) is 2.53. The number of hydrogen-bond donors (Lipinski definition) is 1. The quantitative estimate of drug-likeness (QED) is 0.549. The van der Waals surface area contributed by atoms with Crippen molar-refractivity contribution in [2.24, 2.45) is 5.18 Å². The summed E-state index contributed by atoms with van der Waals surface area (Å²) in [4.78, 5) is 10.0. The summed E-state index contributed by atoms with van der Waals surface area (Å²) in [6, 6.07) is 4.28. The van der Waals surface area contributed by atoms with E-state index in [1.807, 2.05) is 0 Å². The van der Waals surface area contributed by atoms with Crippen molar-refractivity contribution in [1.29, 1.82) is 0 Å². The van der Waals surface area contributed by atoms with E-state index in [0.717, 1.165) is 0 Å². The minimum Gasteiger partial charge on any atom is -0.508 e. The first-order valence-electron chi connectivity index (χ1n) is 2.99. The smallest absolute Gasteiger partial charge is 0.120 e. The van der Waals surface area contributed by atoms with E-state index in [4.69, 9.17) is 16.7 Å². The van der Waals surface area contributed by atoms with Crippen molar-refractivity contribution >= 4 is 17.3 Å². The highest BCUT2D eigenvalue weighted by molar-refractivity contribution is 6.17. The van der Waals surface area contributed by atoms with Gasteiger partial charge in [0.15, 0.2) is 0 Å². The van der Waals surface area contributed by atoms with Crippen molar-refractivity contribution in [1.82, 2.24) is 0 Å². The molecule has 0 saturated heterocycles. The molecule has 1 N–H and O–H groups in total. The molecule has 0 aliphatic heterocycles. The molecule has 0 bridgehead atoms. The summed E-state index contributed by atoms with van der Waals surface area (Å²) >= 11 is 5.46. The zero-order chi connectivity index (χ0) is 8.27. The SMILES string of the molecule is O=Nc1ccc(O)c(CCl)c1. The van der Waals surface area contributed by atoms with Crippen LogP contribution < -0.4 is 0 Å². The molecule has 1 aromatic carbocycles. The minimum absolute atomic E-state index is 0.0902. The molecule has 0 aliphatic carbocycles. The molecule has 0 radical (unpaired) electrons. The van der Waals surface area contributed by atoms with Gasteiger partial charge in [-0.15, -0.1) is 16.5 Å². The first-order chi connectivity index (χ1) is 5.27. The molecule has 11 heavy (non-hydrogen) atoms. The van der Waals surface area contributed by atoms with Crippen LogP contribution in [0.4, 0.5) is 5.69 Å². The van der Waals surface area contributed by atoms with Crippen molar-refractivity contribution < 1.29 is 5.11 Å². The molecule has 0 aliphatic rings. The number of halogens is 1. The highest BCUT2D eigenvalue weighted by atomic mass is 35.5. The lowest BCUT2D eigenvalue weighted by Crippen LogP contribution is -1.77. The Morgan fingerprint density at radius 2 is 2.27 bits per heavy atom. The van der Waals surface area contributed by atoms with Crippen molar-refractivity contribution in [2.75, 3.05) is 0 Å². The van der Waals surface area contributed by atoms with Crippen LogP contribution in [0.5, 0.6) is 5.75 Å². The molecule has 1 rings (SSSR count). The molecular weight excluding hydrogens is 166 g/mol. The van der Waals surface area contributed by atoms with Crippen LogP contribution in [0.1, 0.15) is 5.56 Å². The second-order valence-corrected chi connectivity index (χ2v) is 2.31. The average Bonchev–Trinajstić information content (AvgIpc) is 2.05. The van der Waals surface area contributed by atoms with Crippen molar-refractivity contribution in [2.45, 2.75) is 5.88 Å². The van der Waals surface area contributed by atoms with Crippen LogP contribution >= 0.6 is 11.6 Å². The molecule has 0 fully saturated rings. The number of phenols is 1. The zero-order valence-corrected chi connectivity index (χ0v) is 6.38. The van der Waals surface area contributed by atoms with E-state index in [1.165, 1.54) is 18.2 Å². The number of phenolic OH excluding ortho intramolecular Hbond substituents is 1. The summed E-state index contributed by atoms with van der Waals surface area (Å²) in [5.74, 6) is 0.266. The van der Waals surface area contributed by atoms with Gasteiger partial charge in [0.2, 0.25) is 0 Å². The van der Waals surface area contributed by atoms with E-state index in [9.17, 15) is 4.91 Å². The third kappa shape index (κ3) is 1.68. The Morgan fingerprint density at radius 1 is 1.55 bits per heavy atom. The topological polar surface area (TPSA) is 49.7 Å². The molecule has 0 spiro atoms. The van der Waals surface area contributed by atoms with E-state index in [-0.39, 0.29) is 17.3 Å². The van der Waals surface area contributed by atoms with Crippen LogP contribution in [0, 0.1) is 4.91 Å². The number of benzene rings is 1. The summed E-state index contributed by atoms with van der Waals surface area (Å²) in [5.41, 5.74) is 0.794. The number of rotatable bonds is 2. The minimum atomic E-state index is 0.0902. The van der Waals surface area contributed by atoms with E-state index in [2.05, 4.69) is 5.18 Å². The molecule has 0 amide bonds. The Kier molecular flexibility index (Phi) is 2.44. The highest BCUT2D eigenvalue weighted by Gasteiger charge is 2.00. The molecule has 0 atom stereocenters. The fourth-order valence-electron chi connectivity index (χ4n) is 0.736. The van der Waals surface area contributed by atoms with Gasteiger partial charge >= 0.3 is 0 Å². The van der Waals surface area contributed by atoms with Crippen molar-refractivity contribution in [3.63, 3.8) is 0 Å². The van der Waals surface area contributed by atoms with Gasteiger partial charge in [0, 0.05) is 5.56 Å². The predicted molar refractivity (Wildman–Crippen MR) is 43.1 cm³/mol. The van der Waals surface area contributed by atoms with Gasteiger partial charge in [0.1, 0.15) is 11.4 Å². The first kappa shape index (κ1) is 8.01. The molecule has 0 unspecified atom stereocenters. The monoisotopic (exact) mass is 171 g/mol.